The van der Waals surface area contributed by atoms with Crippen LogP contribution in [0.5, 0.6) is 0 Å². The Kier molecular flexibility index (Phi) is 2.78. The molecule has 1 aromatic carbocycles. The minimum atomic E-state index is 0.595. The minimum Gasteiger partial charge on any atom is -0.329 e. The second kappa shape index (κ2) is 4.23. The van der Waals surface area contributed by atoms with E-state index in [1.54, 1.807) is 7.05 Å². The fraction of sp³-hybridized carbons (Fsp3) is 0.0909. The van der Waals surface area contributed by atoms with Crippen molar-refractivity contribution < 1.29 is 0 Å². The molecule has 0 spiro atoms. The number of aliphatic imine (C=N–C) groups is 1. The molecule has 4 heteroatoms. The fourth-order valence-electron chi connectivity index (χ4n) is 1.38. The Labute approximate surface area is 93.9 Å². The molecule has 0 bridgehead atoms. The van der Waals surface area contributed by atoms with E-state index in [-0.39, 0.29) is 0 Å². The van der Waals surface area contributed by atoms with Crippen LogP contribution in [0.1, 0.15) is 5.56 Å². The number of benzene rings is 1. The van der Waals surface area contributed by atoms with E-state index in [4.69, 9.17) is 12.2 Å². The molecule has 1 aliphatic heterocycles. The van der Waals surface area contributed by atoms with Crippen molar-refractivity contribution >= 4 is 29.2 Å². The zero-order valence-electron chi connectivity index (χ0n) is 8.32. The van der Waals surface area contributed by atoms with Gasteiger partial charge in [-0.15, -0.1) is 0 Å². The van der Waals surface area contributed by atoms with Crippen LogP contribution in [0.3, 0.4) is 0 Å². The van der Waals surface area contributed by atoms with Crippen LogP contribution in [0.15, 0.2) is 41.0 Å². The van der Waals surface area contributed by atoms with Crippen LogP contribution in [0.2, 0.25) is 0 Å². The summed E-state index contributed by atoms with van der Waals surface area (Å²) in [6.45, 7) is 0. The molecule has 0 radical (unpaired) electrons. The third kappa shape index (κ3) is 2.22. The van der Waals surface area contributed by atoms with Crippen molar-refractivity contribution in [3.8, 4) is 0 Å². The summed E-state index contributed by atoms with van der Waals surface area (Å²) >= 11 is 5.01. The number of amidine groups is 1. The molecule has 0 aromatic heterocycles. The maximum atomic E-state index is 5.01. The van der Waals surface area contributed by atoms with Crippen molar-refractivity contribution in [2.75, 3.05) is 7.05 Å². The van der Waals surface area contributed by atoms with Crippen LogP contribution in [-0.4, -0.2) is 18.0 Å². The average molecular weight is 217 g/mol. The Morgan fingerprint density at radius 3 is 2.60 bits per heavy atom. The van der Waals surface area contributed by atoms with Crippen LogP contribution >= 0.6 is 12.2 Å². The van der Waals surface area contributed by atoms with Gasteiger partial charge < -0.3 is 10.6 Å². The van der Waals surface area contributed by atoms with Crippen LogP contribution in [0.25, 0.3) is 6.08 Å². The van der Waals surface area contributed by atoms with Gasteiger partial charge in [0.05, 0.1) is 5.70 Å². The first-order valence-corrected chi connectivity index (χ1v) is 5.02. The molecule has 1 heterocycles. The lowest BCUT2D eigenvalue weighted by atomic mass is 10.2. The molecule has 0 amide bonds. The largest absolute Gasteiger partial charge is 0.329 e. The van der Waals surface area contributed by atoms with Crippen molar-refractivity contribution in [1.29, 1.82) is 0 Å². The Balaban J connectivity index is 2.31. The number of nitrogens with zero attached hydrogens (tertiary/aromatic N) is 1. The zero-order chi connectivity index (χ0) is 10.7. The quantitative estimate of drug-likeness (QED) is 0.700. The lowest BCUT2D eigenvalue weighted by molar-refractivity contribution is 1.28. The molecule has 2 rings (SSSR count). The minimum absolute atomic E-state index is 0.595. The Hall–Kier alpha value is -1.68. The van der Waals surface area contributed by atoms with Gasteiger partial charge in [-0.2, -0.15) is 0 Å². The number of thiocarbonyl (C=S) groups is 1. The molecule has 0 saturated carbocycles. The van der Waals surface area contributed by atoms with Gasteiger partial charge in [-0.1, -0.05) is 30.3 Å². The van der Waals surface area contributed by atoms with Gasteiger partial charge in [-0.05, 0) is 23.9 Å². The number of hydrogen-bond donors (Lipinski definition) is 2. The van der Waals surface area contributed by atoms with E-state index in [9.17, 15) is 0 Å². The van der Waals surface area contributed by atoms with Gasteiger partial charge in [0.1, 0.15) is 0 Å². The third-order valence-electron chi connectivity index (χ3n) is 2.07. The first-order chi connectivity index (χ1) is 7.29. The van der Waals surface area contributed by atoms with E-state index < -0.39 is 0 Å². The van der Waals surface area contributed by atoms with Crippen molar-refractivity contribution in [3.05, 3.63) is 41.6 Å². The van der Waals surface area contributed by atoms with Crippen LogP contribution in [-0.2, 0) is 0 Å². The molecule has 1 aromatic rings. The van der Waals surface area contributed by atoms with Gasteiger partial charge in [0.25, 0.3) is 0 Å². The summed E-state index contributed by atoms with van der Waals surface area (Å²) in [5, 5.41) is 6.63. The summed E-state index contributed by atoms with van der Waals surface area (Å²) < 4.78 is 0. The highest BCUT2D eigenvalue weighted by Crippen LogP contribution is 2.08. The normalized spacial score (nSPS) is 20.5. The Morgan fingerprint density at radius 2 is 1.93 bits per heavy atom. The van der Waals surface area contributed by atoms with Gasteiger partial charge in [0, 0.05) is 7.05 Å². The van der Waals surface area contributed by atoms with Gasteiger partial charge in [-0.25, -0.2) is 0 Å². The molecule has 1 saturated heterocycles. The Morgan fingerprint density at radius 1 is 1.20 bits per heavy atom. The van der Waals surface area contributed by atoms with E-state index in [0.717, 1.165) is 17.1 Å². The van der Waals surface area contributed by atoms with E-state index in [2.05, 4.69) is 15.6 Å². The molecule has 0 atom stereocenters. The van der Waals surface area contributed by atoms with Crippen molar-refractivity contribution in [3.63, 3.8) is 0 Å². The summed E-state index contributed by atoms with van der Waals surface area (Å²) in [6.07, 6.45) is 2.01. The van der Waals surface area contributed by atoms with E-state index in [1.165, 1.54) is 0 Å². The summed E-state index contributed by atoms with van der Waals surface area (Å²) in [5.41, 5.74) is 2.03. The van der Waals surface area contributed by atoms with Crippen molar-refractivity contribution in [1.82, 2.24) is 10.6 Å². The highest BCUT2D eigenvalue weighted by Gasteiger charge is 2.16. The molecule has 1 aliphatic rings. The third-order valence-corrected chi connectivity index (χ3v) is 2.27. The second-order valence-corrected chi connectivity index (χ2v) is 3.53. The van der Waals surface area contributed by atoms with Crippen LogP contribution in [0, 0.1) is 0 Å². The predicted octanol–water partition coefficient (Wildman–Crippen LogP) is 1.53. The maximum Gasteiger partial charge on any atom is 0.176 e. The molecule has 76 valence electrons. The van der Waals surface area contributed by atoms with Gasteiger partial charge >= 0.3 is 0 Å². The smallest absolute Gasteiger partial charge is 0.176 e. The fourth-order valence-corrected chi connectivity index (χ4v) is 1.59. The molecular weight excluding hydrogens is 206 g/mol. The molecule has 1 fully saturated rings. The molecule has 2 N–H and O–H groups in total. The maximum absolute atomic E-state index is 5.01. The second-order valence-electron chi connectivity index (χ2n) is 3.12. The molecule has 3 nitrogen and oxygen atoms in total. The number of hydrogen-bond acceptors (Lipinski definition) is 2. The summed E-state index contributed by atoms with van der Waals surface area (Å²) in [6, 6.07) is 10.0. The molecular formula is C11H11N3S. The molecule has 15 heavy (non-hydrogen) atoms. The molecule has 0 unspecified atom stereocenters. The van der Waals surface area contributed by atoms with E-state index >= 15 is 0 Å². The van der Waals surface area contributed by atoms with Crippen molar-refractivity contribution in [2.45, 2.75) is 0 Å². The number of nitrogens with one attached hydrogen (secondary N) is 2. The van der Waals surface area contributed by atoms with Crippen LogP contribution in [0.4, 0.5) is 0 Å². The zero-order valence-corrected chi connectivity index (χ0v) is 9.14. The molecule has 0 aliphatic carbocycles. The topological polar surface area (TPSA) is 36.4 Å². The highest BCUT2D eigenvalue weighted by molar-refractivity contribution is 7.80. The van der Waals surface area contributed by atoms with Crippen molar-refractivity contribution in [2.24, 2.45) is 4.99 Å². The lowest BCUT2D eigenvalue weighted by Gasteiger charge is -1.97. The first kappa shape index (κ1) is 9.86. The van der Waals surface area contributed by atoms with Gasteiger partial charge in [0.2, 0.25) is 0 Å². The van der Waals surface area contributed by atoms with Gasteiger partial charge in [-0.3, -0.25) is 4.99 Å². The van der Waals surface area contributed by atoms with Gasteiger partial charge in [0.15, 0.2) is 10.9 Å². The standard InChI is InChI=1S/C11H11N3S/c1-12-10-9(13-11(15)14-10)7-8-5-3-2-4-6-8/h2-7H,1H3,(H2,12,13,14,15)/b9-7+. The number of rotatable bonds is 1. The first-order valence-electron chi connectivity index (χ1n) is 4.61. The predicted molar refractivity (Wildman–Crippen MR) is 66.6 cm³/mol. The summed E-state index contributed by atoms with van der Waals surface area (Å²) in [7, 11) is 1.73. The summed E-state index contributed by atoms with van der Waals surface area (Å²) in [5.74, 6) is 0.781. The highest BCUT2D eigenvalue weighted by atomic mass is 32.1. The van der Waals surface area contributed by atoms with E-state index in [1.807, 2.05) is 36.4 Å². The van der Waals surface area contributed by atoms with E-state index in [0.29, 0.717) is 5.11 Å². The Bertz CT molecular complexity index is 434. The lowest BCUT2D eigenvalue weighted by Crippen LogP contribution is -2.22. The SMILES string of the molecule is CN=C1NC(=S)N/C1=C/c1ccccc1. The average Bonchev–Trinajstić information content (AvgIpc) is 2.60. The van der Waals surface area contributed by atoms with Crippen LogP contribution < -0.4 is 10.6 Å². The monoisotopic (exact) mass is 217 g/mol. The summed E-state index contributed by atoms with van der Waals surface area (Å²) in [4.78, 5) is 4.10.